The van der Waals surface area contributed by atoms with E-state index in [1.807, 2.05) is 18.2 Å². The number of aromatic nitrogens is 1. The molecule has 0 saturated carbocycles. The molecule has 2 heterocycles. The maximum Gasteiger partial charge on any atom is 0.335 e. The summed E-state index contributed by atoms with van der Waals surface area (Å²) in [6, 6.07) is 13.2. The summed E-state index contributed by atoms with van der Waals surface area (Å²) in [5, 5.41) is 20.5. The first-order valence-corrected chi connectivity index (χ1v) is 8.51. The maximum atomic E-state index is 11.2. The summed E-state index contributed by atoms with van der Waals surface area (Å²) in [4.78, 5) is 13.2. The van der Waals surface area contributed by atoms with Gasteiger partial charge in [-0.1, -0.05) is 18.2 Å². The molecule has 0 amide bonds. The Balaban J connectivity index is 1.70. The Morgan fingerprint density at radius 2 is 2.12 bits per heavy atom. The number of aliphatic hydroxyl groups excluding tert-OH is 1. The van der Waals surface area contributed by atoms with E-state index in [0.717, 1.165) is 27.0 Å². The lowest BCUT2D eigenvalue weighted by molar-refractivity contribution is 0.0696. The van der Waals surface area contributed by atoms with Crippen LogP contribution in [0.3, 0.4) is 0 Å². The number of rotatable bonds is 3. The zero-order chi connectivity index (χ0) is 16.7. The molecule has 2 N–H and O–H groups in total. The largest absolute Gasteiger partial charge is 0.478 e. The van der Waals surface area contributed by atoms with Crippen LogP contribution in [0.25, 0.3) is 10.1 Å². The maximum absolute atomic E-state index is 11.2. The van der Waals surface area contributed by atoms with Gasteiger partial charge in [0, 0.05) is 24.0 Å². The minimum atomic E-state index is -0.949. The van der Waals surface area contributed by atoms with E-state index in [0.29, 0.717) is 19.5 Å². The van der Waals surface area contributed by atoms with Crippen LogP contribution in [-0.4, -0.2) is 33.2 Å². The monoisotopic (exact) mass is 340 g/mol. The number of anilines is 1. The van der Waals surface area contributed by atoms with Crippen molar-refractivity contribution in [3.63, 3.8) is 0 Å². The molecule has 0 saturated heterocycles. The third-order valence-corrected chi connectivity index (χ3v) is 5.21. The molecule has 0 fully saturated rings. The SMILES string of the molecule is O=C(O)c1ccc2c(c1)CC(O)CN2Cc1nsc2ccccc12. The summed E-state index contributed by atoms with van der Waals surface area (Å²) in [5.41, 5.74) is 3.08. The number of fused-ring (bicyclic) bond motifs is 2. The average molecular weight is 340 g/mol. The summed E-state index contributed by atoms with van der Waals surface area (Å²) in [7, 11) is 0. The summed E-state index contributed by atoms with van der Waals surface area (Å²) in [5.74, 6) is -0.949. The van der Waals surface area contributed by atoms with E-state index in [1.54, 1.807) is 12.1 Å². The van der Waals surface area contributed by atoms with Gasteiger partial charge in [0.15, 0.2) is 0 Å². The van der Waals surface area contributed by atoms with Crippen LogP contribution in [0.4, 0.5) is 5.69 Å². The first-order chi connectivity index (χ1) is 11.6. The second-order valence-electron chi connectivity index (χ2n) is 6.01. The van der Waals surface area contributed by atoms with E-state index in [4.69, 9.17) is 5.11 Å². The lowest BCUT2D eigenvalue weighted by Crippen LogP contribution is -2.38. The van der Waals surface area contributed by atoms with E-state index in [2.05, 4.69) is 21.4 Å². The molecule has 1 aliphatic rings. The third kappa shape index (κ3) is 2.64. The quantitative estimate of drug-likeness (QED) is 0.767. The second kappa shape index (κ2) is 5.89. The molecule has 0 spiro atoms. The number of carboxylic acid groups (broad SMARTS) is 1. The Bertz CT molecular complexity index is 922. The van der Waals surface area contributed by atoms with Gasteiger partial charge in [-0.2, -0.15) is 4.37 Å². The molecule has 1 aromatic heterocycles. The highest BCUT2D eigenvalue weighted by Gasteiger charge is 2.25. The van der Waals surface area contributed by atoms with Crippen LogP contribution in [-0.2, 0) is 13.0 Å². The fourth-order valence-corrected chi connectivity index (χ4v) is 4.03. The summed E-state index contributed by atoms with van der Waals surface area (Å²) in [6.07, 6.45) is -0.0310. The molecular formula is C18H16N2O3S. The third-order valence-electron chi connectivity index (χ3n) is 4.35. The molecule has 0 radical (unpaired) electrons. The fourth-order valence-electron chi connectivity index (χ4n) is 3.24. The molecule has 2 aromatic carbocycles. The topological polar surface area (TPSA) is 73.7 Å². The van der Waals surface area contributed by atoms with Crippen LogP contribution in [0.15, 0.2) is 42.5 Å². The molecule has 0 aliphatic carbocycles. The number of benzene rings is 2. The number of carboxylic acids is 1. The lowest BCUT2D eigenvalue weighted by atomic mass is 9.97. The first kappa shape index (κ1) is 15.1. The predicted octanol–water partition coefficient (Wildman–Crippen LogP) is 2.92. The molecule has 6 heteroatoms. The normalized spacial score (nSPS) is 17.0. The molecule has 0 bridgehead atoms. The Kier molecular flexibility index (Phi) is 3.70. The highest BCUT2D eigenvalue weighted by molar-refractivity contribution is 7.13. The second-order valence-corrected chi connectivity index (χ2v) is 6.82. The first-order valence-electron chi connectivity index (χ1n) is 7.74. The minimum absolute atomic E-state index is 0.252. The Hall–Kier alpha value is -2.44. The van der Waals surface area contributed by atoms with E-state index in [-0.39, 0.29) is 5.56 Å². The number of hydrogen-bond acceptors (Lipinski definition) is 5. The highest BCUT2D eigenvalue weighted by Crippen LogP contribution is 2.31. The van der Waals surface area contributed by atoms with Crippen molar-refractivity contribution in [1.82, 2.24) is 4.37 Å². The lowest BCUT2D eigenvalue weighted by Gasteiger charge is -2.34. The van der Waals surface area contributed by atoms with Crippen molar-refractivity contribution in [3.8, 4) is 0 Å². The van der Waals surface area contributed by atoms with E-state index < -0.39 is 12.1 Å². The predicted molar refractivity (Wildman–Crippen MR) is 93.8 cm³/mol. The Morgan fingerprint density at radius 1 is 1.29 bits per heavy atom. The smallest absolute Gasteiger partial charge is 0.335 e. The number of aromatic carboxylic acids is 1. The summed E-state index contributed by atoms with van der Waals surface area (Å²) in [6.45, 7) is 1.12. The zero-order valence-corrected chi connectivity index (χ0v) is 13.7. The van der Waals surface area contributed by atoms with Crippen LogP contribution in [0.5, 0.6) is 0 Å². The van der Waals surface area contributed by atoms with Crippen molar-refractivity contribution in [2.45, 2.75) is 19.1 Å². The van der Waals surface area contributed by atoms with Crippen molar-refractivity contribution in [2.75, 3.05) is 11.4 Å². The molecule has 1 atom stereocenters. The van der Waals surface area contributed by atoms with Crippen LogP contribution < -0.4 is 4.90 Å². The molecule has 24 heavy (non-hydrogen) atoms. The van der Waals surface area contributed by atoms with Gasteiger partial charge in [0.05, 0.1) is 28.6 Å². The Labute approximate surface area is 142 Å². The van der Waals surface area contributed by atoms with Gasteiger partial charge in [0.2, 0.25) is 0 Å². The molecule has 1 aliphatic heterocycles. The van der Waals surface area contributed by atoms with Crippen molar-refractivity contribution in [2.24, 2.45) is 0 Å². The highest BCUT2D eigenvalue weighted by atomic mass is 32.1. The van der Waals surface area contributed by atoms with Gasteiger partial charge in [-0.3, -0.25) is 0 Å². The number of aliphatic hydroxyl groups is 1. The summed E-state index contributed by atoms with van der Waals surface area (Å²) < 4.78 is 5.70. The number of nitrogens with zero attached hydrogens (tertiary/aromatic N) is 2. The molecule has 122 valence electrons. The molecule has 4 rings (SSSR count). The minimum Gasteiger partial charge on any atom is -0.478 e. The average Bonchev–Trinajstić information content (AvgIpc) is 2.97. The van der Waals surface area contributed by atoms with Crippen molar-refractivity contribution in [3.05, 3.63) is 59.3 Å². The molecule has 3 aromatic rings. The van der Waals surface area contributed by atoms with Crippen LogP contribution in [0.1, 0.15) is 21.6 Å². The Morgan fingerprint density at radius 3 is 2.96 bits per heavy atom. The van der Waals surface area contributed by atoms with Crippen LogP contribution >= 0.6 is 11.5 Å². The molecule has 1 unspecified atom stereocenters. The van der Waals surface area contributed by atoms with Crippen molar-refractivity contribution in [1.29, 1.82) is 0 Å². The van der Waals surface area contributed by atoms with Gasteiger partial charge in [0.1, 0.15) is 0 Å². The van der Waals surface area contributed by atoms with Gasteiger partial charge in [-0.25, -0.2) is 4.79 Å². The van der Waals surface area contributed by atoms with Crippen LogP contribution in [0.2, 0.25) is 0 Å². The van der Waals surface area contributed by atoms with Gasteiger partial charge in [0.25, 0.3) is 0 Å². The summed E-state index contributed by atoms with van der Waals surface area (Å²) >= 11 is 1.47. The zero-order valence-electron chi connectivity index (χ0n) is 12.8. The van der Waals surface area contributed by atoms with Crippen molar-refractivity contribution < 1.29 is 15.0 Å². The fraction of sp³-hybridized carbons (Fsp3) is 0.222. The molecular weight excluding hydrogens is 324 g/mol. The van der Waals surface area contributed by atoms with E-state index in [1.165, 1.54) is 11.5 Å². The molecule has 5 nitrogen and oxygen atoms in total. The van der Waals surface area contributed by atoms with Gasteiger partial charge in [-0.15, -0.1) is 0 Å². The number of carbonyl (C=O) groups is 1. The van der Waals surface area contributed by atoms with Gasteiger partial charge >= 0.3 is 5.97 Å². The van der Waals surface area contributed by atoms with Crippen molar-refractivity contribution >= 4 is 33.3 Å². The number of β-amino-alcohol motifs (C(OH)–C–C–N with tert-alkyl or cyclic N) is 1. The van der Waals surface area contributed by atoms with Gasteiger partial charge in [-0.05, 0) is 41.4 Å². The van der Waals surface area contributed by atoms with E-state index in [9.17, 15) is 9.90 Å². The standard InChI is InChI=1S/C18H16N2O3S/c21-13-8-12-7-11(18(22)23)5-6-16(12)20(9-13)10-15-14-3-1-2-4-17(14)24-19-15/h1-7,13,21H,8-10H2,(H,22,23). The van der Waals surface area contributed by atoms with Gasteiger partial charge < -0.3 is 15.1 Å². The van der Waals surface area contributed by atoms with E-state index >= 15 is 0 Å². The van der Waals surface area contributed by atoms with Crippen LogP contribution in [0, 0.1) is 0 Å². The number of hydrogen-bond donors (Lipinski definition) is 2.